The first-order valence-electron chi connectivity index (χ1n) is 7.08. The van der Waals surface area contributed by atoms with Crippen LogP contribution in [-0.2, 0) is 9.47 Å². The molecule has 2 unspecified atom stereocenters. The second-order valence-electron chi connectivity index (χ2n) is 6.15. The minimum atomic E-state index is -0.393. The fourth-order valence-corrected chi connectivity index (χ4v) is 2.82. The predicted octanol–water partition coefficient (Wildman–Crippen LogP) is 2.55. The van der Waals surface area contributed by atoms with Crippen LogP contribution in [0.25, 0.3) is 0 Å². The lowest BCUT2D eigenvalue weighted by molar-refractivity contribution is -0.253. The zero-order valence-electron chi connectivity index (χ0n) is 11.5. The molecule has 3 heteroatoms. The van der Waals surface area contributed by atoms with Crippen molar-refractivity contribution in [2.75, 3.05) is 19.8 Å². The van der Waals surface area contributed by atoms with Crippen molar-refractivity contribution in [3.63, 3.8) is 0 Å². The van der Waals surface area contributed by atoms with Gasteiger partial charge in [0.2, 0.25) is 0 Å². The monoisotopic (exact) mass is 241 g/mol. The topological polar surface area (TPSA) is 30.5 Å². The summed E-state index contributed by atoms with van der Waals surface area (Å²) in [4.78, 5) is 0. The minimum Gasteiger partial charge on any atom is -0.349 e. The molecule has 1 heterocycles. The van der Waals surface area contributed by atoms with Gasteiger partial charge in [0.05, 0.1) is 19.3 Å². The van der Waals surface area contributed by atoms with E-state index < -0.39 is 5.79 Å². The highest BCUT2D eigenvalue weighted by atomic mass is 16.7. The van der Waals surface area contributed by atoms with E-state index in [4.69, 9.17) is 9.47 Å². The van der Waals surface area contributed by atoms with E-state index in [9.17, 15) is 0 Å². The molecule has 0 bridgehead atoms. The van der Waals surface area contributed by atoms with Crippen molar-refractivity contribution in [2.24, 2.45) is 11.8 Å². The number of rotatable bonds is 3. The van der Waals surface area contributed by atoms with Crippen LogP contribution in [0.1, 0.15) is 46.5 Å². The van der Waals surface area contributed by atoms with Crippen molar-refractivity contribution >= 4 is 0 Å². The molecule has 1 N–H and O–H groups in total. The summed E-state index contributed by atoms with van der Waals surface area (Å²) in [7, 11) is 0. The van der Waals surface area contributed by atoms with Gasteiger partial charge < -0.3 is 14.8 Å². The number of hydrogen-bond donors (Lipinski definition) is 1. The third-order valence-electron chi connectivity index (χ3n) is 4.22. The molecular weight excluding hydrogens is 214 g/mol. The number of ether oxygens (including phenoxy) is 2. The van der Waals surface area contributed by atoms with Crippen molar-refractivity contribution in [1.29, 1.82) is 0 Å². The average Bonchev–Trinajstić information content (AvgIpc) is 2.30. The second kappa shape index (κ2) is 5.68. The third-order valence-corrected chi connectivity index (χ3v) is 4.22. The van der Waals surface area contributed by atoms with E-state index in [2.05, 4.69) is 12.2 Å². The van der Waals surface area contributed by atoms with Gasteiger partial charge in [-0.2, -0.15) is 0 Å². The van der Waals surface area contributed by atoms with E-state index >= 15 is 0 Å². The van der Waals surface area contributed by atoms with Gasteiger partial charge in [0.25, 0.3) is 0 Å². The summed E-state index contributed by atoms with van der Waals surface area (Å²) in [5, 5.41) is 3.61. The van der Waals surface area contributed by atoms with Crippen LogP contribution in [0.2, 0.25) is 0 Å². The van der Waals surface area contributed by atoms with Crippen molar-refractivity contribution in [1.82, 2.24) is 5.32 Å². The van der Waals surface area contributed by atoms with Gasteiger partial charge in [-0.15, -0.1) is 0 Å². The van der Waals surface area contributed by atoms with Gasteiger partial charge in [0, 0.05) is 0 Å². The molecule has 2 atom stereocenters. The Bertz CT molecular complexity index is 232. The van der Waals surface area contributed by atoms with E-state index in [1.807, 2.05) is 13.8 Å². The molecule has 0 aromatic carbocycles. The molecule has 17 heavy (non-hydrogen) atoms. The van der Waals surface area contributed by atoms with Crippen molar-refractivity contribution in [3.05, 3.63) is 0 Å². The lowest BCUT2D eigenvalue weighted by Crippen LogP contribution is -2.50. The van der Waals surface area contributed by atoms with Crippen molar-refractivity contribution in [2.45, 2.75) is 58.3 Å². The molecular formula is C14H27NO2. The molecule has 3 nitrogen and oxygen atoms in total. The van der Waals surface area contributed by atoms with E-state index in [0.29, 0.717) is 6.04 Å². The predicted molar refractivity (Wildman–Crippen MR) is 68.9 cm³/mol. The Balaban J connectivity index is 1.68. The maximum atomic E-state index is 5.66. The Morgan fingerprint density at radius 1 is 1.12 bits per heavy atom. The molecule has 2 aliphatic rings. The van der Waals surface area contributed by atoms with Crippen LogP contribution in [0.4, 0.5) is 0 Å². The summed E-state index contributed by atoms with van der Waals surface area (Å²) in [5.74, 6) is 1.33. The van der Waals surface area contributed by atoms with Gasteiger partial charge in [-0.25, -0.2) is 0 Å². The van der Waals surface area contributed by atoms with E-state index in [0.717, 1.165) is 31.6 Å². The third kappa shape index (κ3) is 3.94. The van der Waals surface area contributed by atoms with Crippen LogP contribution in [0.15, 0.2) is 0 Å². The van der Waals surface area contributed by atoms with Gasteiger partial charge in [-0.3, -0.25) is 0 Å². The number of hydrogen-bond acceptors (Lipinski definition) is 3. The molecule has 1 saturated carbocycles. The zero-order chi connectivity index (χ0) is 12.3. The van der Waals surface area contributed by atoms with Crippen LogP contribution in [0.5, 0.6) is 0 Å². The van der Waals surface area contributed by atoms with E-state index in [1.54, 1.807) is 0 Å². The first-order valence-corrected chi connectivity index (χ1v) is 7.08. The average molecular weight is 241 g/mol. The Kier molecular flexibility index (Phi) is 4.45. The summed E-state index contributed by atoms with van der Waals surface area (Å²) in [6, 6.07) is 0.372. The second-order valence-corrected chi connectivity index (χ2v) is 6.15. The van der Waals surface area contributed by atoms with Crippen LogP contribution in [-0.4, -0.2) is 31.6 Å². The first-order chi connectivity index (χ1) is 8.07. The Morgan fingerprint density at radius 2 is 1.76 bits per heavy atom. The molecule has 1 aliphatic heterocycles. The summed E-state index contributed by atoms with van der Waals surface area (Å²) >= 11 is 0. The van der Waals surface area contributed by atoms with Gasteiger partial charge >= 0.3 is 0 Å². The lowest BCUT2D eigenvalue weighted by Gasteiger charge is -2.37. The normalized spacial score (nSPS) is 34.8. The quantitative estimate of drug-likeness (QED) is 0.823. The molecule has 0 amide bonds. The highest BCUT2D eigenvalue weighted by Crippen LogP contribution is 2.29. The molecule has 100 valence electrons. The maximum Gasteiger partial charge on any atom is 0.162 e. The number of nitrogens with one attached hydrogen (secondary N) is 1. The maximum absolute atomic E-state index is 5.66. The van der Waals surface area contributed by atoms with Gasteiger partial charge in [-0.05, 0) is 38.6 Å². The van der Waals surface area contributed by atoms with Gasteiger partial charge in [-0.1, -0.05) is 26.2 Å². The molecule has 2 rings (SSSR count). The van der Waals surface area contributed by atoms with Crippen molar-refractivity contribution in [3.8, 4) is 0 Å². The van der Waals surface area contributed by atoms with Crippen molar-refractivity contribution < 1.29 is 9.47 Å². The molecule has 1 aliphatic carbocycles. The molecule has 2 fully saturated rings. The highest BCUT2D eigenvalue weighted by Gasteiger charge is 2.29. The largest absolute Gasteiger partial charge is 0.349 e. The standard InChI is InChI=1S/C14H27NO2/c1-11-6-4-5-7-12(11)8-15-13-9-16-14(2,3)17-10-13/h11-13,15H,4-10H2,1-3H3. The Morgan fingerprint density at radius 3 is 2.41 bits per heavy atom. The van der Waals surface area contributed by atoms with Crippen LogP contribution >= 0.6 is 0 Å². The fraction of sp³-hybridized carbons (Fsp3) is 1.00. The molecule has 0 radical (unpaired) electrons. The van der Waals surface area contributed by atoms with E-state index in [-0.39, 0.29) is 0 Å². The molecule has 0 spiro atoms. The summed E-state index contributed by atoms with van der Waals surface area (Å²) < 4.78 is 11.3. The summed E-state index contributed by atoms with van der Waals surface area (Å²) in [6.45, 7) is 9.02. The SMILES string of the molecule is CC1CCCCC1CNC1COC(C)(C)OC1. The molecule has 0 aromatic rings. The van der Waals surface area contributed by atoms with Crippen LogP contribution < -0.4 is 5.32 Å². The van der Waals surface area contributed by atoms with Crippen LogP contribution in [0.3, 0.4) is 0 Å². The minimum absolute atomic E-state index is 0.372. The first kappa shape index (κ1) is 13.3. The zero-order valence-corrected chi connectivity index (χ0v) is 11.5. The van der Waals surface area contributed by atoms with Crippen LogP contribution in [0, 0.1) is 11.8 Å². The van der Waals surface area contributed by atoms with Gasteiger partial charge in [0.1, 0.15) is 0 Å². The fourth-order valence-electron chi connectivity index (χ4n) is 2.82. The van der Waals surface area contributed by atoms with E-state index in [1.165, 1.54) is 25.7 Å². The lowest BCUT2D eigenvalue weighted by atomic mass is 9.80. The van der Waals surface area contributed by atoms with Gasteiger partial charge in [0.15, 0.2) is 5.79 Å². The highest BCUT2D eigenvalue weighted by molar-refractivity contribution is 4.78. The Labute approximate surface area is 105 Å². The Hall–Kier alpha value is -0.120. The summed E-state index contributed by atoms with van der Waals surface area (Å²) in [6.07, 6.45) is 5.61. The summed E-state index contributed by atoms with van der Waals surface area (Å²) in [5.41, 5.74) is 0. The molecule has 1 saturated heterocycles. The smallest absolute Gasteiger partial charge is 0.162 e. The molecule has 0 aromatic heterocycles.